The minimum absolute atomic E-state index is 0.429. The van der Waals surface area contributed by atoms with Crippen molar-refractivity contribution in [1.82, 2.24) is 0 Å². The highest BCUT2D eigenvalue weighted by Gasteiger charge is 2.48. The van der Waals surface area contributed by atoms with Crippen molar-refractivity contribution in [2.75, 3.05) is 4.90 Å². The van der Waals surface area contributed by atoms with Crippen LogP contribution in [0.15, 0.2) is 140 Å². The van der Waals surface area contributed by atoms with E-state index in [0.717, 1.165) is 0 Å². The average Bonchev–Trinajstić information content (AvgIpc) is 2.96. The van der Waals surface area contributed by atoms with Gasteiger partial charge in [0.05, 0.1) is 22.5 Å². The standard InChI is InChI=1S/C35H23N/c1-3-14-25(15-4-1)35(26-16-5-2-6-17-26)29-20-7-8-22-31(29)36-32-23-10-13-24-12-9-18-27(33(24)32)28-19-11-21-30(35)34(28)36/h1-23H. The van der Waals surface area contributed by atoms with E-state index in [9.17, 15) is 0 Å². The summed E-state index contributed by atoms with van der Waals surface area (Å²) in [5.41, 5.74) is 11.2. The summed E-state index contributed by atoms with van der Waals surface area (Å²) in [5, 5.41) is 2.60. The molecule has 0 radical (unpaired) electrons. The third kappa shape index (κ3) is 2.35. The molecule has 2 heterocycles. The second kappa shape index (κ2) is 7.19. The molecule has 168 valence electrons. The number of fused-ring (bicyclic) bond motifs is 4. The van der Waals surface area contributed by atoms with Crippen LogP contribution in [0.25, 0.3) is 21.9 Å². The molecule has 1 nitrogen and oxygen atoms in total. The van der Waals surface area contributed by atoms with Gasteiger partial charge in [0.15, 0.2) is 0 Å². The maximum absolute atomic E-state index is 2.51. The van der Waals surface area contributed by atoms with Crippen LogP contribution in [0.4, 0.5) is 17.1 Å². The molecular formula is C35H23N. The predicted octanol–water partition coefficient (Wildman–Crippen LogP) is 8.99. The van der Waals surface area contributed by atoms with E-state index in [4.69, 9.17) is 0 Å². The first-order valence-electron chi connectivity index (χ1n) is 12.6. The van der Waals surface area contributed by atoms with Gasteiger partial charge in [-0.05, 0) is 45.3 Å². The Balaban J connectivity index is 1.62. The summed E-state index contributed by atoms with van der Waals surface area (Å²) in [6.45, 7) is 0. The van der Waals surface area contributed by atoms with Gasteiger partial charge in [-0.2, -0.15) is 0 Å². The van der Waals surface area contributed by atoms with Crippen molar-refractivity contribution in [3.05, 3.63) is 162 Å². The summed E-state index contributed by atoms with van der Waals surface area (Å²) >= 11 is 0. The zero-order valence-electron chi connectivity index (χ0n) is 19.7. The highest BCUT2D eigenvalue weighted by atomic mass is 15.2. The Morgan fingerprint density at radius 1 is 0.417 bits per heavy atom. The number of rotatable bonds is 2. The van der Waals surface area contributed by atoms with Gasteiger partial charge >= 0.3 is 0 Å². The lowest BCUT2D eigenvalue weighted by molar-refractivity contribution is 0.731. The molecule has 0 saturated heterocycles. The van der Waals surface area contributed by atoms with Crippen molar-refractivity contribution < 1.29 is 0 Å². The molecule has 0 bridgehead atoms. The maximum Gasteiger partial charge on any atom is 0.0742 e. The van der Waals surface area contributed by atoms with E-state index in [-0.39, 0.29) is 0 Å². The van der Waals surface area contributed by atoms with Gasteiger partial charge < -0.3 is 4.90 Å². The molecule has 0 saturated carbocycles. The lowest BCUT2D eigenvalue weighted by Crippen LogP contribution is -2.38. The fourth-order valence-corrected chi connectivity index (χ4v) is 6.70. The molecule has 8 rings (SSSR count). The highest BCUT2D eigenvalue weighted by molar-refractivity contribution is 6.15. The summed E-state index contributed by atoms with van der Waals surface area (Å²) in [5.74, 6) is 0. The molecule has 0 aromatic heterocycles. The first kappa shape index (κ1) is 19.7. The Hall–Kier alpha value is -4.62. The van der Waals surface area contributed by atoms with Crippen LogP contribution in [0.3, 0.4) is 0 Å². The maximum atomic E-state index is 2.51. The minimum Gasteiger partial charge on any atom is -0.309 e. The Labute approximate surface area is 210 Å². The smallest absolute Gasteiger partial charge is 0.0742 e. The SMILES string of the molecule is c1ccc(C2(c3ccccc3)c3ccccc3N3c4c(cccc42)-c2cccc4cccc3c24)cc1. The third-order valence-corrected chi connectivity index (χ3v) is 8.04. The van der Waals surface area contributed by atoms with Gasteiger partial charge in [0.2, 0.25) is 0 Å². The lowest BCUT2D eigenvalue weighted by Gasteiger charge is -2.48. The summed E-state index contributed by atoms with van der Waals surface area (Å²) < 4.78 is 0. The molecule has 0 spiro atoms. The lowest BCUT2D eigenvalue weighted by atomic mass is 9.61. The van der Waals surface area contributed by atoms with Crippen molar-refractivity contribution in [2.24, 2.45) is 0 Å². The summed E-state index contributed by atoms with van der Waals surface area (Å²) in [6.07, 6.45) is 0. The fraction of sp³-hybridized carbons (Fsp3) is 0.0286. The molecule has 6 aromatic carbocycles. The molecule has 0 amide bonds. The summed E-state index contributed by atoms with van der Waals surface area (Å²) in [7, 11) is 0. The van der Waals surface area contributed by atoms with Crippen LogP contribution in [0.2, 0.25) is 0 Å². The van der Waals surface area contributed by atoms with Crippen LogP contribution >= 0.6 is 0 Å². The number of hydrogen-bond acceptors (Lipinski definition) is 1. The van der Waals surface area contributed by atoms with Gasteiger partial charge in [-0.1, -0.05) is 127 Å². The molecule has 36 heavy (non-hydrogen) atoms. The normalized spacial score (nSPS) is 14.3. The van der Waals surface area contributed by atoms with E-state index in [2.05, 4.69) is 144 Å². The summed E-state index contributed by atoms with van der Waals surface area (Å²) in [4.78, 5) is 2.51. The van der Waals surface area contributed by atoms with Gasteiger partial charge in [-0.25, -0.2) is 0 Å². The van der Waals surface area contributed by atoms with Crippen LogP contribution in [0.5, 0.6) is 0 Å². The van der Waals surface area contributed by atoms with Crippen LogP contribution in [0, 0.1) is 0 Å². The fourth-order valence-electron chi connectivity index (χ4n) is 6.70. The van der Waals surface area contributed by atoms with E-state index in [1.807, 2.05) is 0 Å². The molecule has 2 aliphatic heterocycles. The number of anilines is 3. The van der Waals surface area contributed by atoms with E-state index >= 15 is 0 Å². The second-order valence-corrected chi connectivity index (χ2v) is 9.72. The first-order valence-corrected chi connectivity index (χ1v) is 12.6. The Bertz CT molecular complexity index is 1740. The van der Waals surface area contributed by atoms with Gasteiger partial charge in [-0.15, -0.1) is 0 Å². The molecule has 0 atom stereocenters. The first-order chi connectivity index (χ1) is 17.9. The van der Waals surface area contributed by atoms with Crippen molar-refractivity contribution in [2.45, 2.75) is 5.41 Å². The van der Waals surface area contributed by atoms with Gasteiger partial charge in [0.25, 0.3) is 0 Å². The molecule has 0 fully saturated rings. The topological polar surface area (TPSA) is 3.24 Å². The highest BCUT2D eigenvalue weighted by Crippen LogP contribution is 2.62. The third-order valence-electron chi connectivity index (χ3n) is 8.04. The largest absolute Gasteiger partial charge is 0.309 e. The number of benzene rings is 6. The van der Waals surface area contributed by atoms with E-state index in [1.165, 1.54) is 61.2 Å². The Morgan fingerprint density at radius 2 is 0.972 bits per heavy atom. The zero-order valence-corrected chi connectivity index (χ0v) is 19.7. The van der Waals surface area contributed by atoms with Crippen LogP contribution in [-0.2, 0) is 5.41 Å². The average molecular weight is 458 g/mol. The molecule has 0 aliphatic carbocycles. The Morgan fingerprint density at radius 3 is 1.72 bits per heavy atom. The van der Waals surface area contributed by atoms with Crippen LogP contribution in [0.1, 0.15) is 22.3 Å². The zero-order chi connectivity index (χ0) is 23.7. The quantitative estimate of drug-likeness (QED) is 0.250. The molecule has 6 aromatic rings. The second-order valence-electron chi connectivity index (χ2n) is 9.72. The van der Waals surface area contributed by atoms with Crippen LogP contribution in [-0.4, -0.2) is 0 Å². The van der Waals surface area contributed by atoms with Crippen molar-refractivity contribution >= 4 is 27.8 Å². The van der Waals surface area contributed by atoms with E-state index in [1.54, 1.807) is 0 Å². The van der Waals surface area contributed by atoms with Gasteiger partial charge in [-0.3, -0.25) is 0 Å². The molecule has 0 N–H and O–H groups in total. The van der Waals surface area contributed by atoms with E-state index in [0.29, 0.717) is 0 Å². The summed E-state index contributed by atoms with van der Waals surface area (Å²) in [6, 6.07) is 51.3. The Kier molecular flexibility index (Phi) is 3.93. The molecule has 2 aliphatic rings. The van der Waals surface area contributed by atoms with Crippen molar-refractivity contribution in [1.29, 1.82) is 0 Å². The van der Waals surface area contributed by atoms with Crippen molar-refractivity contribution in [3.63, 3.8) is 0 Å². The van der Waals surface area contributed by atoms with Gasteiger partial charge in [0, 0.05) is 10.9 Å². The van der Waals surface area contributed by atoms with Crippen molar-refractivity contribution in [3.8, 4) is 11.1 Å². The van der Waals surface area contributed by atoms with Crippen LogP contribution < -0.4 is 4.90 Å². The van der Waals surface area contributed by atoms with Gasteiger partial charge in [0.1, 0.15) is 0 Å². The number of para-hydroxylation sites is 2. The predicted molar refractivity (Wildman–Crippen MR) is 149 cm³/mol. The molecule has 1 heteroatoms. The number of nitrogens with zero attached hydrogens (tertiary/aromatic N) is 1. The van der Waals surface area contributed by atoms with E-state index < -0.39 is 5.41 Å². The number of hydrogen-bond donors (Lipinski definition) is 0. The molecule has 0 unspecified atom stereocenters. The molecular weight excluding hydrogens is 434 g/mol. The minimum atomic E-state index is -0.429. The monoisotopic (exact) mass is 457 g/mol.